The van der Waals surface area contributed by atoms with Gasteiger partial charge in [0, 0.05) is 5.54 Å². The van der Waals surface area contributed by atoms with Gasteiger partial charge in [-0.15, -0.1) is 11.3 Å². The van der Waals surface area contributed by atoms with Gasteiger partial charge in [-0.25, -0.2) is 9.97 Å². The van der Waals surface area contributed by atoms with Crippen LogP contribution in [0.25, 0.3) is 10.2 Å². The molecule has 3 rings (SSSR count). The molecule has 18 heavy (non-hydrogen) atoms. The van der Waals surface area contributed by atoms with Crippen LogP contribution >= 0.6 is 11.3 Å². The summed E-state index contributed by atoms with van der Waals surface area (Å²) < 4.78 is 0.995. The zero-order valence-electron chi connectivity index (χ0n) is 9.72. The summed E-state index contributed by atoms with van der Waals surface area (Å²) in [6, 6.07) is 1.94. The number of carbonyl (C=O) groups is 1. The van der Waals surface area contributed by atoms with Gasteiger partial charge in [0.25, 0.3) is 0 Å². The third-order valence-electron chi connectivity index (χ3n) is 3.43. The predicted octanol–water partition coefficient (Wildman–Crippen LogP) is 2.50. The Bertz CT molecular complexity index is 592. The number of carboxylic acid groups (broad SMARTS) is 1. The lowest BCUT2D eigenvalue weighted by Crippen LogP contribution is -2.47. The zero-order chi connectivity index (χ0) is 12.6. The number of aromatic nitrogens is 2. The van der Waals surface area contributed by atoms with Gasteiger partial charge >= 0.3 is 5.97 Å². The van der Waals surface area contributed by atoms with Gasteiger partial charge in [-0.3, -0.25) is 4.79 Å². The van der Waals surface area contributed by atoms with Gasteiger partial charge in [0.1, 0.15) is 12.1 Å². The maximum absolute atomic E-state index is 10.9. The van der Waals surface area contributed by atoms with Crippen molar-refractivity contribution in [1.29, 1.82) is 0 Å². The highest BCUT2D eigenvalue weighted by Gasteiger charge is 2.39. The standard InChI is InChI=1S/C12H13N3O2S/c16-9(17)6-12(3-1-4-12)15-11-10-8(2-5-18-10)13-7-14-11/h2,5,7H,1,3-4,6H2,(H,16,17)(H,13,14,15). The molecule has 2 heterocycles. The number of fused-ring (bicyclic) bond motifs is 1. The summed E-state index contributed by atoms with van der Waals surface area (Å²) in [5, 5.41) is 14.3. The van der Waals surface area contributed by atoms with Gasteiger partial charge in [0.2, 0.25) is 0 Å². The van der Waals surface area contributed by atoms with Crippen LogP contribution < -0.4 is 5.32 Å². The molecule has 5 nitrogen and oxygen atoms in total. The number of rotatable bonds is 4. The molecule has 1 aliphatic rings. The van der Waals surface area contributed by atoms with E-state index in [1.165, 1.54) is 6.33 Å². The largest absolute Gasteiger partial charge is 0.481 e. The molecule has 1 fully saturated rings. The summed E-state index contributed by atoms with van der Waals surface area (Å²) in [4.78, 5) is 19.4. The molecular weight excluding hydrogens is 250 g/mol. The van der Waals surface area contributed by atoms with Gasteiger partial charge in [-0.05, 0) is 30.7 Å². The van der Waals surface area contributed by atoms with Crippen LogP contribution in [0.4, 0.5) is 5.82 Å². The number of hydrogen-bond donors (Lipinski definition) is 2. The Balaban J connectivity index is 1.91. The molecule has 2 aromatic rings. The van der Waals surface area contributed by atoms with Crippen molar-refractivity contribution in [1.82, 2.24) is 9.97 Å². The van der Waals surface area contributed by atoms with E-state index < -0.39 is 5.97 Å². The first-order chi connectivity index (χ1) is 8.69. The number of anilines is 1. The molecule has 6 heteroatoms. The van der Waals surface area contributed by atoms with Crippen LogP contribution in [0.3, 0.4) is 0 Å². The lowest BCUT2D eigenvalue weighted by Gasteiger charge is -2.41. The van der Waals surface area contributed by atoms with E-state index in [0.717, 1.165) is 35.3 Å². The lowest BCUT2D eigenvalue weighted by molar-refractivity contribution is -0.138. The fourth-order valence-electron chi connectivity index (χ4n) is 2.37. The summed E-state index contributed by atoms with van der Waals surface area (Å²) in [5.41, 5.74) is 0.583. The van der Waals surface area contributed by atoms with Crippen LogP contribution in [0, 0.1) is 0 Å². The monoisotopic (exact) mass is 263 g/mol. The first-order valence-corrected chi connectivity index (χ1v) is 6.75. The molecule has 0 bridgehead atoms. The molecule has 2 aromatic heterocycles. The van der Waals surface area contributed by atoms with E-state index in [4.69, 9.17) is 5.11 Å². The molecule has 0 amide bonds. The van der Waals surface area contributed by atoms with Gasteiger partial charge in [0.05, 0.1) is 16.6 Å². The number of nitrogens with zero attached hydrogens (tertiary/aromatic N) is 2. The van der Waals surface area contributed by atoms with E-state index in [1.807, 2.05) is 11.4 Å². The number of aliphatic carboxylic acids is 1. The SMILES string of the molecule is O=C(O)CC1(Nc2ncnc3ccsc23)CCC1. The van der Waals surface area contributed by atoms with Crippen LogP contribution in [0.1, 0.15) is 25.7 Å². The normalized spacial score (nSPS) is 17.3. The summed E-state index contributed by atoms with van der Waals surface area (Å²) in [6.07, 6.45) is 4.50. The van der Waals surface area contributed by atoms with E-state index in [0.29, 0.717) is 0 Å². The zero-order valence-corrected chi connectivity index (χ0v) is 10.5. The molecule has 0 spiro atoms. The lowest BCUT2D eigenvalue weighted by atomic mass is 9.74. The summed E-state index contributed by atoms with van der Waals surface area (Å²) >= 11 is 1.57. The molecule has 0 aromatic carbocycles. The third-order valence-corrected chi connectivity index (χ3v) is 4.34. The highest BCUT2D eigenvalue weighted by molar-refractivity contribution is 7.17. The molecule has 0 unspecified atom stereocenters. The second-order valence-electron chi connectivity index (χ2n) is 4.69. The van der Waals surface area contributed by atoms with E-state index >= 15 is 0 Å². The molecule has 94 valence electrons. The predicted molar refractivity (Wildman–Crippen MR) is 69.9 cm³/mol. The van der Waals surface area contributed by atoms with Crippen LogP contribution in [-0.2, 0) is 4.79 Å². The fraction of sp³-hybridized carbons (Fsp3) is 0.417. The van der Waals surface area contributed by atoms with Crippen molar-refractivity contribution in [3.05, 3.63) is 17.8 Å². The molecule has 0 atom stereocenters. The highest BCUT2D eigenvalue weighted by atomic mass is 32.1. The van der Waals surface area contributed by atoms with Crippen LogP contribution in [0.5, 0.6) is 0 Å². The molecular formula is C12H13N3O2S. The smallest absolute Gasteiger partial charge is 0.305 e. The first kappa shape index (κ1) is 11.4. The van der Waals surface area contributed by atoms with Crippen molar-refractivity contribution >= 4 is 33.3 Å². The van der Waals surface area contributed by atoms with Gasteiger partial charge in [-0.2, -0.15) is 0 Å². The van der Waals surface area contributed by atoms with Crippen molar-refractivity contribution in [2.24, 2.45) is 0 Å². The second kappa shape index (κ2) is 4.20. The maximum atomic E-state index is 10.9. The first-order valence-electron chi connectivity index (χ1n) is 5.87. The summed E-state index contributed by atoms with van der Waals surface area (Å²) in [6.45, 7) is 0. The third kappa shape index (κ3) is 1.92. The van der Waals surface area contributed by atoms with Crippen molar-refractivity contribution in [3.8, 4) is 0 Å². The molecule has 0 radical (unpaired) electrons. The molecule has 1 saturated carbocycles. The topological polar surface area (TPSA) is 75.1 Å². The Kier molecular flexibility index (Phi) is 2.66. The van der Waals surface area contributed by atoms with E-state index in [9.17, 15) is 4.79 Å². The maximum Gasteiger partial charge on any atom is 0.305 e. The van der Waals surface area contributed by atoms with Crippen LogP contribution in [-0.4, -0.2) is 26.6 Å². The Morgan fingerprint density at radius 3 is 3.00 bits per heavy atom. The summed E-state index contributed by atoms with van der Waals surface area (Å²) in [7, 11) is 0. The minimum atomic E-state index is -0.765. The Morgan fingerprint density at radius 2 is 2.33 bits per heavy atom. The minimum absolute atomic E-state index is 0.143. The van der Waals surface area contributed by atoms with Crippen LogP contribution in [0.15, 0.2) is 17.8 Å². The number of thiophene rings is 1. The highest BCUT2D eigenvalue weighted by Crippen LogP contribution is 2.39. The van der Waals surface area contributed by atoms with Crippen molar-refractivity contribution in [3.63, 3.8) is 0 Å². The Morgan fingerprint density at radius 1 is 1.50 bits per heavy atom. The fourth-order valence-corrected chi connectivity index (χ4v) is 3.16. The molecule has 0 saturated heterocycles. The van der Waals surface area contributed by atoms with Crippen molar-refractivity contribution in [2.45, 2.75) is 31.2 Å². The Hall–Kier alpha value is -1.69. The second-order valence-corrected chi connectivity index (χ2v) is 5.60. The van der Waals surface area contributed by atoms with Gasteiger partial charge < -0.3 is 10.4 Å². The van der Waals surface area contributed by atoms with Gasteiger partial charge in [0.15, 0.2) is 0 Å². The van der Waals surface area contributed by atoms with E-state index in [2.05, 4.69) is 15.3 Å². The minimum Gasteiger partial charge on any atom is -0.481 e. The van der Waals surface area contributed by atoms with Crippen LogP contribution in [0.2, 0.25) is 0 Å². The molecule has 1 aliphatic carbocycles. The quantitative estimate of drug-likeness (QED) is 0.886. The average Bonchev–Trinajstić information content (AvgIpc) is 2.74. The van der Waals surface area contributed by atoms with Crippen molar-refractivity contribution in [2.75, 3.05) is 5.32 Å². The van der Waals surface area contributed by atoms with E-state index in [1.54, 1.807) is 11.3 Å². The Labute approximate surface area is 108 Å². The van der Waals surface area contributed by atoms with Gasteiger partial charge in [-0.1, -0.05) is 0 Å². The number of nitrogens with one attached hydrogen (secondary N) is 1. The molecule has 2 N–H and O–H groups in total. The number of hydrogen-bond acceptors (Lipinski definition) is 5. The van der Waals surface area contributed by atoms with Crippen molar-refractivity contribution < 1.29 is 9.90 Å². The van der Waals surface area contributed by atoms with E-state index in [-0.39, 0.29) is 12.0 Å². The average molecular weight is 263 g/mol. The molecule has 0 aliphatic heterocycles. The number of carboxylic acids is 1. The summed E-state index contributed by atoms with van der Waals surface area (Å²) in [5.74, 6) is -0.00497.